The molecule has 0 amide bonds. The number of nitrogens with zero attached hydrogens (tertiary/aromatic N) is 1. The third-order valence-electron chi connectivity index (χ3n) is 3.58. The zero-order valence-electron chi connectivity index (χ0n) is 13.1. The summed E-state index contributed by atoms with van der Waals surface area (Å²) in [5.74, 6) is -0.195. The Morgan fingerprint density at radius 1 is 1.12 bits per heavy atom. The van der Waals surface area contributed by atoms with Crippen molar-refractivity contribution in [3.8, 4) is 0 Å². The van der Waals surface area contributed by atoms with E-state index in [2.05, 4.69) is 14.9 Å². The van der Waals surface area contributed by atoms with Gasteiger partial charge in [-0.1, -0.05) is 29.3 Å². The van der Waals surface area contributed by atoms with Crippen LogP contribution in [0.15, 0.2) is 18.2 Å². The molecule has 24 heavy (non-hydrogen) atoms. The summed E-state index contributed by atoms with van der Waals surface area (Å²) in [5.41, 5.74) is 0.445. The van der Waals surface area contributed by atoms with E-state index in [4.69, 9.17) is 23.2 Å². The number of nitrogens with one attached hydrogen (secondary N) is 2. The molecule has 0 aliphatic carbocycles. The third-order valence-corrected chi connectivity index (χ3v) is 5.60. The van der Waals surface area contributed by atoms with Gasteiger partial charge in [-0.25, -0.2) is 13.1 Å². The summed E-state index contributed by atoms with van der Waals surface area (Å²) in [4.78, 5) is 2.33. The van der Waals surface area contributed by atoms with Gasteiger partial charge in [0.2, 0.25) is 10.0 Å². The van der Waals surface area contributed by atoms with Crippen molar-refractivity contribution in [2.24, 2.45) is 0 Å². The normalized spacial score (nSPS) is 15.4. The van der Waals surface area contributed by atoms with Crippen LogP contribution in [0.25, 0.3) is 0 Å². The summed E-state index contributed by atoms with van der Waals surface area (Å²) in [5, 5.41) is 4.04. The second-order valence-electron chi connectivity index (χ2n) is 5.30. The van der Waals surface area contributed by atoms with Gasteiger partial charge in [0.25, 0.3) is 0 Å². The zero-order valence-corrected chi connectivity index (χ0v) is 17.1. The van der Waals surface area contributed by atoms with Crippen molar-refractivity contribution in [2.75, 3.05) is 39.3 Å². The number of sulfonamides is 1. The lowest BCUT2D eigenvalue weighted by Crippen LogP contribution is -2.44. The number of hydrogen-bond donors (Lipinski definition) is 2. The van der Waals surface area contributed by atoms with Crippen molar-refractivity contribution >= 4 is 58.0 Å². The lowest BCUT2D eigenvalue weighted by Gasteiger charge is -2.27. The minimum Gasteiger partial charge on any atom is -0.314 e. The van der Waals surface area contributed by atoms with Crippen LogP contribution in [0.3, 0.4) is 0 Å². The Morgan fingerprint density at radius 2 is 1.71 bits per heavy atom. The van der Waals surface area contributed by atoms with Gasteiger partial charge >= 0.3 is 0 Å². The molecule has 1 fully saturated rings. The van der Waals surface area contributed by atoms with E-state index in [0.29, 0.717) is 22.2 Å². The van der Waals surface area contributed by atoms with E-state index >= 15 is 0 Å². The van der Waals surface area contributed by atoms with Crippen molar-refractivity contribution in [2.45, 2.75) is 12.2 Å². The quantitative estimate of drug-likeness (QED) is 0.642. The van der Waals surface area contributed by atoms with Gasteiger partial charge in [-0.3, -0.25) is 0 Å². The van der Waals surface area contributed by atoms with Gasteiger partial charge in [0.15, 0.2) is 0 Å². The predicted octanol–water partition coefficient (Wildman–Crippen LogP) is 2.55. The molecule has 0 saturated carbocycles. The van der Waals surface area contributed by atoms with Crippen LogP contribution in [0.4, 0.5) is 0 Å². The largest absolute Gasteiger partial charge is 0.314 e. The summed E-state index contributed by atoms with van der Waals surface area (Å²) < 4.78 is 26.8. The maximum Gasteiger partial charge on any atom is 0.215 e. The molecule has 0 atom stereocenters. The van der Waals surface area contributed by atoms with Crippen LogP contribution in [0, 0.1) is 0 Å². The Bertz CT molecular complexity index is 575. The first kappa shape index (κ1) is 24.2. The molecule has 5 nitrogen and oxygen atoms in total. The summed E-state index contributed by atoms with van der Waals surface area (Å²) in [6.07, 6.45) is 0.787. The number of piperazine rings is 1. The third kappa shape index (κ3) is 8.06. The molecule has 1 aliphatic rings. The second kappa shape index (κ2) is 11.8. The fraction of sp³-hybridized carbons (Fsp3) is 0.571. The molecule has 0 bridgehead atoms. The van der Waals surface area contributed by atoms with E-state index in [1.807, 2.05) is 0 Å². The highest BCUT2D eigenvalue weighted by Gasteiger charge is 2.16. The number of halogens is 4. The maximum atomic E-state index is 12.1. The first-order valence-corrected chi connectivity index (χ1v) is 9.72. The fourth-order valence-corrected chi connectivity index (χ4v) is 4.31. The Kier molecular flexibility index (Phi) is 11.9. The molecule has 0 unspecified atom stereocenters. The summed E-state index contributed by atoms with van der Waals surface area (Å²) >= 11 is 12.0. The van der Waals surface area contributed by atoms with Crippen molar-refractivity contribution < 1.29 is 8.42 Å². The lowest BCUT2D eigenvalue weighted by atomic mass is 10.2. The summed E-state index contributed by atoms with van der Waals surface area (Å²) in [6, 6.07) is 4.98. The van der Waals surface area contributed by atoms with Gasteiger partial charge in [-0.2, -0.15) is 0 Å². The van der Waals surface area contributed by atoms with E-state index in [-0.39, 0.29) is 30.6 Å². The topological polar surface area (TPSA) is 61.4 Å². The highest BCUT2D eigenvalue weighted by atomic mass is 35.5. The standard InChI is InChI=1S/C14H21Cl2N3O2S.2ClH/c15-13-3-1-4-14(16)12(13)11-22(20,21)18-5-2-8-19-9-6-17-7-10-19;;/h1,3-4,17-18H,2,5-11H2;2*1H. The molecule has 1 aromatic rings. The average Bonchev–Trinajstić information content (AvgIpc) is 2.49. The van der Waals surface area contributed by atoms with Crippen molar-refractivity contribution in [1.29, 1.82) is 0 Å². The van der Waals surface area contributed by atoms with Crippen molar-refractivity contribution in [1.82, 2.24) is 14.9 Å². The van der Waals surface area contributed by atoms with Gasteiger partial charge in [0, 0.05) is 48.3 Å². The van der Waals surface area contributed by atoms with E-state index in [1.165, 1.54) is 0 Å². The molecule has 0 spiro atoms. The molecular formula is C14H23Cl4N3O2S. The predicted molar refractivity (Wildman–Crippen MR) is 106 cm³/mol. The highest BCUT2D eigenvalue weighted by molar-refractivity contribution is 7.88. The molecule has 2 rings (SSSR count). The van der Waals surface area contributed by atoms with E-state index in [9.17, 15) is 8.42 Å². The lowest BCUT2D eigenvalue weighted by molar-refractivity contribution is 0.239. The second-order valence-corrected chi connectivity index (χ2v) is 7.92. The summed E-state index contributed by atoms with van der Waals surface area (Å²) in [7, 11) is -3.43. The van der Waals surface area contributed by atoms with Crippen LogP contribution >= 0.6 is 48.0 Å². The smallest absolute Gasteiger partial charge is 0.215 e. The first-order valence-electron chi connectivity index (χ1n) is 7.31. The molecular weight excluding hydrogens is 416 g/mol. The molecule has 1 saturated heterocycles. The van der Waals surface area contributed by atoms with E-state index < -0.39 is 10.0 Å². The monoisotopic (exact) mass is 437 g/mol. The Morgan fingerprint density at radius 3 is 2.29 bits per heavy atom. The van der Waals surface area contributed by atoms with E-state index in [1.54, 1.807) is 18.2 Å². The number of rotatable bonds is 7. The van der Waals surface area contributed by atoms with Crippen LogP contribution in [0.2, 0.25) is 10.0 Å². The van der Waals surface area contributed by atoms with Crippen molar-refractivity contribution in [3.63, 3.8) is 0 Å². The van der Waals surface area contributed by atoms with E-state index in [0.717, 1.165) is 39.1 Å². The Labute approximate surface area is 166 Å². The van der Waals surface area contributed by atoms with Gasteiger partial charge in [-0.05, 0) is 25.1 Å². The number of hydrogen-bond acceptors (Lipinski definition) is 4. The fourth-order valence-electron chi connectivity index (χ4n) is 2.38. The molecule has 1 heterocycles. The summed E-state index contributed by atoms with van der Waals surface area (Å²) in [6.45, 7) is 5.35. The molecule has 0 radical (unpaired) electrons. The van der Waals surface area contributed by atoms with Crippen molar-refractivity contribution in [3.05, 3.63) is 33.8 Å². The van der Waals surface area contributed by atoms with Gasteiger partial charge < -0.3 is 10.2 Å². The zero-order chi connectivity index (χ0) is 16.0. The van der Waals surface area contributed by atoms with Crippen LogP contribution in [-0.2, 0) is 15.8 Å². The SMILES string of the molecule is Cl.Cl.O=S(=O)(Cc1c(Cl)cccc1Cl)NCCCN1CCNCC1. The molecule has 0 aromatic heterocycles. The molecule has 1 aliphatic heterocycles. The van der Waals surface area contributed by atoms with Gasteiger partial charge in [0.1, 0.15) is 0 Å². The van der Waals surface area contributed by atoms with Gasteiger partial charge in [0.05, 0.1) is 5.75 Å². The van der Waals surface area contributed by atoms with Gasteiger partial charge in [-0.15, -0.1) is 24.8 Å². The minimum absolute atomic E-state index is 0. The molecule has 10 heteroatoms. The van der Waals surface area contributed by atoms with Crippen LogP contribution in [-0.4, -0.2) is 52.6 Å². The maximum absolute atomic E-state index is 12.1. The van der Waals surface area contributed by atoms with Crippen LogP contribution in [0.1, 0.15) is 12.0 Å². The molecule has 1 aromatic carbocycles. The first-order chi connectivity index (χ1) is 10.5. The molecule has 140 valence electrons. The minimum atomic E-state index is -3.43. The van der Waals surface area contributed by atoms with Crippen LogP contribution < -0.4 is 10.0 Å². The molecule has 2 N–H and O–H groups in total. The Balaban J connectivity index is 0.00000264. The highest BCUT2D eigenvalue weighted by Crippen LogP contribution is 2.25. The number of benzene rings is 1. The Hall–Kier alpha value is 0.210. The average molecular weight is 439 g/mol. The van der Waals surface area contributed by atoms with Crippen LogP contribution in [0.5, 0.6) is 0 Å².